The van der Waals surface area contributed by atoms with Gasteiger partial charge >= 0.3 is 0 Å². The summed E-state index contributed by atoms with van der Waals surface area (Å²) in [6, 6.07) is 16.9. The van der Waals surface area contributed by atoms with Gasteiger partial charge in [0.25, 0.3) is 0 Å². The summed E-state index contributed by atoms with van der Waals surface area (Å²) in [4.78, 5) is 0. The number of hydrogen-bond acceptors (Lipinski definition) is 1. The summed E-state index contributed by atoms with van der Waals surface area (Å²) in [6.07, 6.45) is 1.01. The van der Waals surface area contributed by atoms with Crippen molar-refractivity contribution in [3.8, 4) is 0 Å². The van der Waals surface area contributed by atoms with Crippen molar-refractivity contribution in [2.24, 2.45) is 0 Å². The molecule has 0 aromatic heterocycles. The van der Waals surface area contributed by atoms with E-state index in [1.807, 2.05) is 24.3 Å². The molecular formula is C17H19Cl2N. The predicted molar refractivity (Wildman–Crippen MR) is 87.6 cm³/mol. The summed E-state index contributed by atoms with van der Waals surface area (Å²) >= 11 is 12.0. The van der Waals surface area contributed by atoms with Crippen LogP contribution < -0.4 is 5.32 Å². The van der Waals surface area contributed by atoms with Gasteiger partial charge in [-0.05, 0) is 43.5 Å². The third-order valence-corrected chi connectivity index (χ3v) is 4.10. The van der Waals surface area contributed by atoms with Crippen LogP contribution in [0.1, 0.15) is 31.0 Å². The minimum absolute atomic E-state index is 0.239. The highest BCUT2D eigenvalue weighted by Gasteiger charge is 2.11. The largest absolute Gasteiger partial charge is 0.307 e. The number of nitrogens with one attached hydrogen (secondary N) is 1. The van der Waals surface area contributed by atoms with Gasteiger partial charge in [-0.25, -0.2) is 0 Å². The smallest absolute Gasteiger partial charge is 0.0595 e. The second-order valence-corrected chi connectivity index (χ2v) is 5.97. The standard InChI is InChI=1S/C17H19Cl2N/c1-12(10-14-6-4-3-5-7-14)20-13(2)15-8-9-16(18)17(19)11-15/h3-9,11-13,20H,10H2,1-2H3. The molecule has 2 aromatic rings. The summed E-state index contributed by atoms with van der Waals surface area (Å²) in [5.74, 6) is 0. The molecule has 1 nitrogen and oxygen atoms in total. The fraction of sp³-hybridized carbons (Fsp3) is 0.294. The van der Waals surface area contributed by atoms with E-state index in [2.05, 4.69) is 43.4 Å². The van der Waals surface area contributed by atoms with Gasteiger partial charge in [0.05, 0.1) is 10.0 Å². The second kappa shape index (κ2) is 7.12. The first-order chi connectivity index (χ1) is 9.56. The Morgan fingerprint density at radius 2 is 1.65 bits per heavy atom. The zero-order valence-corrected chi connectivity index (χ0v) is 13.2. The fourth-order valence-corrected chi connectivity index (χ4v) is 2.64. The van der Waals surface area contributed by atoms with Crippen molar-refractivity contribution >= 4 is 23.2 Å². The molecule has 0 aliphatic heterocycles. The number of benzene rings is 2. The Kier molecular flexibility index (Phi) is 5.47. The van der Waals surface area contributed by atoms with E-state index in [9.17, 15) is 0 Å². The van der Waals surface area contributed by atoms with Gasteiger partial charge in [-0.2, -0.15) is 0 Å². The van der Waals surface area contributed by atoms with Gasteiger partial charge in [-0.1, -0.05) is 59.6 Å². The van der Waals surface area contributed by atoms with E-state index in [1.54, 1.807) is 0 Å². The molecule has 2 unspecified atom stereocenters. The van der Waals surface area contributed by atoms with Crippen LogP contribution in [0.5, 0.6) is 0 Å². The molecule has 0 radical (unpaired) electrons. The SMILES string of the molecule is CC(Cc1ccccc1)NC(C)c1ccc(Cl)c(Cl)c1. The van der Waals surface area contributed by atoms with E-state index in [4.69, 9.17) is 23.2 Å². The molecule has 0 aliphatic carbocycles. The van der Waals surface area contributed by atoms with Crippen LogP contribution in [0.25, 0.3) is 0 Å². The molecule has 0 heterocycles. The Bertz CT molecular complexity index is 554. The predicted octanol–water partition coefficient (Wildman–Crippen LogP) is 5.28. The maximum atomic E-state index is 6.06. The molecule has 2 atom stereocenters. The third-order valence-electron chi connectivity index (χ3n) is 3.36. The van der Waals surface area contributed by atoms with Gasteiger partial charge < -0.3 is 5.32 Å². The van der Waals surface area contributed by atoms with Gasteiger partial charge in [-0.15, -0.1) is 0 Å². The highest BCUT2D eigenvalue weighted by Crippen LogP contribution is 2.25. The van der Waals surface area contributed by atoms with Gasteiger partial charge in [0.1, 0.15) is 0 Å². The molecule has 0 fully saturated rings. The lowest BCUT2D eigenvalue weighted by atomic mass is 10.0. The molecule has 20 heavy (non-hydrogen) atoms. The molecule has 0 saturated heterocycles. The van der Waals surface area contributed by atoms with Gasteiger partial charge in [-0.3, -0.25) is 0 Å². The van der Waals surface area contributed by atoms with E-state index in [1.165, 1.54) is 5.56 Å². The summed E-state index contributed by atoms with van der Waals surface area (Å²) in [5.41, 5.74) is 2.49. The zero-order valence-electron chi connectivity index (χ0n) is 11.7. The third kappa shape index (κ3) is 4.24. The van der Waals surface area contributed by atoms with Crippen molar-refractivity contribution in [2.45, 2.75) is 32.4 Å². The molecule has 2 rings (SSSR count). The van der Waals surface area contributed by atoms with Crippen molar-refractivity contribution in [3.05, 3.63) is 69.7 Å². The monoisotopic (exact) mass is 307 g/mol. The quantitative estimate of drug-likeness (QED) is 0.793. The molecule has 0 saturated carbocycles. The van der Waals surface area contributed by atoms with Crippen molar-refractivity contribution in [1.29, 1.82) is 0 Å². The first-order valence-corrected chi connectivity index (χ1v) is 7.57. The maximum absolute atomic E-state index is 6.06. The minimum atomic E-state index is 0.239. The molecule has 0 amide bonds. The summed E-state index contributed by atoms with van der Waals surface area (Å²) in [7, 11) is 0. The van der Waals surface area contributed by atoms with E-state index >= 15 is 0 Å². The molecule has 0 bridgehead atoms. The normalized spacial score (nSPS) is 14.0. The van der Waals surface area contributed by atoms with Crippen LogP contribution in [0, 0.1) is 0 Å². The number of halogens is 2. The Morgan fingerprint density at radius 1 is 0.950 bits per heavy atom. The molecule has 2 aromatic carbocycles. The molecule has 1 N–H and O–H groups in total. The average molecular weight is 308 g/mol. The lowest BCUT2D eigenvalue weighted by Gasteiger charge is -2.21. The van der Waals surface area contributed by atoms with Crippen LogP contribution in [0.2, 0.25) is 10.0 Å². The average Bonchev–Trinajstić information content (AvgIpc) is 2.42. The van der Waals surface area contributed by atoms with Crippen LogP contribution in [-0.4, -0.2) is 6.04 Å². The lowest BCUT2D eigenvalue weighted by molar-refractivity contribution is 0.477. The summed E-state index contributed by atoms with van der Waals surface area (Å²) < 4.78 is 0. The highest BCUT2D eigenvalue weighted by molar-refractivity contribution is 6.42. The Hall–Kier alpha value is -1.02. The van der Waals surface area contributed by atoms with Crippen molar-refractivity contribution in [1.82, 2.24) is 5.32 Å². The van der Waals surface area contributed by atoms with Crippen LogP contribution in [0.3, 0.4) is 0 Å². The van der Waals surface area contributed by atoms with Crippen LogP contribution in [-0.2, 0) is 6.42 Å². The van der Waals surface area contributed by atoms with Crippen molar-refractivity contribution in [2.75, 3.05) is 0 Å². The summed E-state index contributed by atoms with van der Waals surface area (Å²) in [6.45, 7) is 4.34. The van der Waals surface area contributed by atoms with E-state index in [0.29, 0.717) is 16.1 Å². The first-order valence-electron chi connectivity index (χ1n) is 6.81. The Balaban J connectivity index is 1.96. The highest BCUT2D eigenvalue weighted by atomic mass is 35.5. The van der Waals surface area contributed by atoms with E-state index in [-0.39, 0.29) is 6.04 Å². The zero-order chi connectivity index (χ0) is 14.5. The number of rotatable bonds is 5. The first kappa shape index (κ1) is 15.4. The van der Waals surface area contributed by atoms with Gasteiger partial charge in [0.15, 0.2) is 0 Å². The molecular weight excluding hydrogens is 289 g/mol. The minimum Gasteiger partial charge on any atom is -0.307 e. The lowest BCUT2D eigenvalue weighted by Crippen LogP contribution is -2.30. The Labute approximate surface area is 130 Å². The maximum Gasteiger partial charge on any atom is 0.0595 e. The van der Waals surface area contributed by atoms with Gasteiger partial charge in [0, 0.05) is 12.1 Å². The molecule has 0 aliphatic rings. The van der Waals surface area contributed by atoms with Crippen molar-refractivity contribution < 1.29 is 0 Å². The van der Waals surface area contributed by atoms with Crippen LogP contribution in [0.4, 0.5) is 0 Å². The van der Waals surface area contributed by atoms with Gasteiger partial charge in [0.2, 0.25) is 0 Å². The Morgan fingerprint density at radius 3 is 2.30 bits per heavy atom. The van der Waals surface area contributed by atoms with Crippen molar-refractivity contribution in [3.63, 3.8) is 0 Å². The van der Waals surface area contributed by atoms with E-state index < -0.39 is 0 Å². The summed E-state index contributed by atoms with van der Waals surface area (Å²) in [5, 5.41) is 4.79. The molecule has 3 heteroatoms. The van der Waals surface area contributed by atoms with Crippen LogP contribution in [0.15, 0.2) is 48.5 Å². The molecule has 0 spiro atoms. The number of hydrogen-bond donors (Lipinski definition) is 1. The topological polar surface area (TPSA) is 12.0 Å². The molecule has 106 valence electrons. The second-order valence-electron chi connectivity index (χ2n) is 5.15. The van der Waals surface area contributed by atoms with Crippen LogP contribution >= 0.6 is 23.2 Å². The van der Waals surface area contributed by atoms with E-state index in [0.717, 1.165) is 12.0 Å². The fourth-order valence-electron chi connectivity index (χ4n) is 2.33.